The van der Waals surface area contributed by atoms with Gasteiger partial charge in [-0.05, 0) is 25.0 Å². The van der Waals surface area contributed by atoms with Gasteiger partial charge in [0, 0.05) is 31.0 Å². The topological polar surface area (TPSA) is 70.0 Å². The number of aliphatic hydroxyl groups excluding tert-OH is 2. The molecule has 0 radical (unpaired) electrons. The number of carbonyl (C=O) groups is 1. The maximum Gasteiger partial charge on any atom is 0.260 e. The number of ether oxygens (including phenoxy) is 1. The van der Waals surface area contributed by atoms with Gasteiger partial charge in [-0.15, -0.1) is 0 Å². The third-order valence-electron chi connectivity index (χ3n) is 5.07. The molecule has 23 heavy (non-hydrogen) atoms. The normalized spacial score (nSPS) is 26.0. The van der Waals surface area contributed by atoms with Gasteiger partial charge in [-0.2, -0.15) is 0 Å². The number of carbonyl (C=O) groups excluding carboxylic acids is 1. The number of amides is 1. The van der Waals surface area contributed by atoms with Crippen LogP contribution in [0.2, 0.25) is 0 Å². The zero-order valence-corrected chi connectivity index (χ0v) is 12.5. The highest BCUT2D eigenvalue weighted by atomic mass is 19.1. The van der Waals surface area contributed by atoms with Crippen LogP contribution in [0.4, 0.5) is 8.78 Å². The number of nitrogens with zero attached hydrogens (tertiary/aromatic N) is 1. The molecular weight excluding hydrogens is 308 g/mol. The summed E-state index contributed by atoms with van der Waals surface area (Å²) in [5.74, 6) is -2.03. The zero-order chi connectivity index (χ0) is 16.6. The molecule has 3 rings (SSSR count). The molecular formula is C16H19F2NO4. The van der Waals surface area contributed by atoms with E-state index in [0.29, 0.717) is 38.4 Å². The minimum absolute atomic E-state index is 0.168. The first kappa shape index (κ1) is 16.1. The van der Waals surface area contributed by atoms with E-state index in [4.69, 9.17) is 4.74 Å². The van der Waals surface area contributed by atoms with Crippen LogP contribution in [0.1, 0.15) is 19.3 Å². The van der Waals surface area contributed by atoms with Crippen LogP contribution in [0.5, 0.6) is 5.75 Å². The van der Waals surface area contributed by atoms with Crippen molar-refractivity contribution in [3.05, 3.63) is 29.8 Å². The average Bonchev–Trinajstić information content (AvgIpc) is 2.54. The number of hydrogen-bond acceptors (Lipinski definition) is 4. The molecule has 2 atom stereocenters. The van der Waals surface area contributed by atoms with Crippen LogP contribution >= 0.6 is 0 Å². The van der Waals surface area contributed by atoms with Gasteiger partial charge in [0.15, 0.2) is 18.2 Å². The molecule has 126 valence electrons. The van der Waals surface area contributed by atoms with E-state index in [0.717, 1.165) is 12.1 Å². The fraction of sp³-hybridized carbons (Fsp3) is 0.562. The Bertz CT molecular complexity index is 592. The molecule has 2 N–H and O–H groups in total. The number of hydrogen-bond donors (Lipinski definition) is 2. The fourth-order valence-corrected chi connectivity index (χ4v) is 3.40. The Morgan fingerprint density at radius 3 is 2.48 bits per heavy atom. The van der Waals surface area contributed by atoms with Crippen molar-refractivity contribution in [2.24, 2.45) is 5.41 Å². The van der Waals surface area contributed by atoms with Crippen molar-refractivity contribution in [3.8, 4) is 5.75 Å². The van der Waals surface area contributed by atoms with Crippen LogP contribution < -0.4 is 4.74 Å². The van der Waals surface area contributed by atoms with Crippen molar-refractivity contribution in [1.29, 1.82) is 0 Å². The quantitative estimate of drug-likeness (QED) is 0.872. The van der Waals surface area contributed by atoms with Crippen LogP contribution in [0.15, 0.2) is 18.2 Å². The van der Waals surface area contributed by atoms with Crippen molar-refractivity contribution in [2.45, 2.75) is 31.5 Å². The van der Waals surface area contributed by atoms with Gasteiger partial charge in [-0.25, -0.2) is 8.78 Å². The van der Waals surface area contributed by atoms with Crippen molar-refractivity contribution in [2.75, 3.05) is 19.7 Å². The lowest BCUT2D eigenvalue weighted by Gasteiger charge is -2.54. The molecule has 5 nitrogen and oxygen atoms in total. The van der Waals surface area contributed by atoms with E-state index in [-0.39, 0.29) is 18.3 Å². The number of benzene rings is 1. The second kappa shape index (κ2) is 6.05. The first-order chi connectivity index (χ1) is 10.9. The highest BCUT2D eigenvalue weighted by molar-refractivity contribution is 5.77. The van der Waals surface area contributed by atoms with Crippen LogP contribution in [0.25, 0.3) is 0 Å². The molecule has 0 unspecified atom stereocenters. The van der Waals surface area contributed by atoms with Crippen molar-refractivity contribution in [3.63, 3.8) is 0 Å². The predicted molar refractivity (Wildman–Crippen MR) is 76.7 cm³/mol. The molecule has 1 aromatic rings. The maximum atomic E-state index is 13.4. The summed E-state index contributed by atoms with van der Waals surface area (Å²) in [6, 6.07) is 2.90. The average molecular weight is 327 g/mol. The lowest BCUT2D eigenvalue weighted by atomic mass is 9.58. The summed E-state index contributed by atoms with van der Waals surface area (Å²) in [5.41, 5.74) is -0.485. The minimum atomic E-state index is -0.851. The Kier molecular flexibility index (Phi) is 4.25. The largest absolute Gasteiger partial charge is 0.481 e. The Morgan fingerprint density at radius 2 is 1.91 bits per heavy atom. The van der Waals surface area contributed by atoms with Gasteiger partial charge in [0.2, 0.25) is 0 Å². The monoisotopic (exact) mass is 327 g/mol. The second-order valence-electron chi connectivity index (χ2n) is 6.24. The fourth-order valence-electron chi connectivity index (χ4n) is 3.40. The summed E-state index contributed by atoms with van der Waals surface area (Å²) in [4.78, 5) is 13.7. The van der Waals surface area contributed by atoms with Gasteiger partial charge < -0.3 is 19.8 Å². The molecule has 0 aromatic heterocycles. The number of piperidine rings is 1. The Balaban J connectivity index is 1.52. The highest BCUT2D eigenvalue weighted by Crippen LogP contribution is 2.49. The Morgan fingerprint density at radius 1 is 1.26 bits per heavy atom. The molecule has 1 aliphatic heterocycles. The van der Waals surface area contributed by atoms with Crippen LogP contribution in [0.3, 0.4) is 0 Å². The molecule has 7 heteroatoms. The molecule has 1 aliphatic carbocycles. The van der Waals surface area contributed by atoms with Gasteiger partial charge in [-0.1, -0.05) is 0 Å². The standard InChI is InChI=1S/C16H19F2NO4/c17-10-1-2-12(11(18)7-10)23-9-15(22)19-5-3-16(4-6-19)13(20)8-14(16)21/h1-2,7,13-14,20-21H,3-6,8-9H2/t13-,14+. The first-order valence-electron chi connectivity index (χ1n) is 7.64. The van der Waals surface area contributed by atoms with E-state index in [9.17, 15) is 23.8 Å². The zero-order valence-electron chi connectivity index (χ0n) is 12.5. The predicted octanol–water partition coefficient (Wildman–Crippen LogP) is 1.08. The maximum absolute atomic E-state index is 13.4. The van der Waals surface area contributed by atoms with Crippen molar-refractivity contribution >= 4 is 5.91 Å². The van der Waals surface area contributed by atoms with E-state index in [1.807, 2.05) is 0 Å². The summed E-state index contributed by atoms with van der Waals surface area (Å²) in [6.07, 6.45) is 0.428. The number of halogens is 2. The molecule has 2 aliphatic rings. The number of rotatable bonds is 3. The number of likely N-dealkylation sites (tertiary alicyclic amines) is 1. The molecule has 0 bridgehead atoms. The third-order valence-corrected chi connectivity index (χ3v) is 5.07. The molecule has 1 amide bonds. The summed E-state index contributed by atoms with van der Waals surface area (Å²) in [5, 5.41) is 19.7. The van der Waals surface area contributed by atoms with Crippen LogP contribution in [0, 0.1) is 17.0 Å². The lowest BCUT2D eigenvalue weighted by Crippen LogP contribution is -2.62. The van der Waals surface area contributed by atoms with Gasteiger partial charge >= 0.3 is 0 Å². The van der Waals surface area contributed by atoms with E-state index in [1.165, 1.54) is 0 Å². The van der Waals surface area contributed by atoms with E-state index in [2.05, 4.69) is 0 Å². The van der Waals surface area contributed by atoms with Crippen LogP contribution in [-0.2, 0) is 4.79 Å². The SMILES string of the molecule is O=C(COc1ccc(F)cc1F)N1CCC2(CC1)[C@H](O)C[C@@H]2O. The summed E-state index contributed by atoms with van der Waals surface area (Å²) in [6.45, 7) is 0.505. The Hall–Kier alpha value is -1.73. The molecule has 1 saturated carbocycles. The highest BCUT2D eigenvalue weighted by Gasteiger charge is 2.55. The lowest BCUT2D eigenvalue weighted by molar-refractivity contribution is -0.191. The molecule has 1 spiro atoms. The van der Waals surface area contributed by atoms with Gasteiger partial charge in [0.05, 0.1) is 12.2 Å². The van der Waals surface area contributed by atoms with E-state index < -0.39 is 29.3 Å². The van der Waals surface area contributed by atoms with Gasteiger partial charge in [-0.3, -0.25) is 4.79 Å². The van der Waals surface area contributed by atoms with E-state index in [1.54, 1.807) is 4.90 Å². The first-order valence-corrected chi connectivity index (χ1v) is 7.64. The van der Waals surface area contributed by atoms with Gasteiger partial charge in [0.1, 0.15) is 5.82 Å². The smallest absolute Gasteiger partial charge is 0.260 e. The van der Waals surface area contributed by atoms with Crippen molar-refractivity contribution in [1.82, 2.24) is 4.90 Å². The van der Waals surface area contributed by atoms with Crippen molar-refractivity contribution < 1.29 is 28.5 Å². The third kappa shape index (κ3) is 2.90. The minimum Gasteiger partial charge on any atom is -0.481 e. The van der Waals surface area contributed by atoms with Crippen LogP contribution in [-0.4, -0.2) is 52.9 Å². The number of aliphatic hydroxyl groups is 2. The molecule has 2 fully saturated rings. The summed E-state index contributed by atoms with van der Waals surface area (Å²) >= 11 is 0. The van der Waals surface area contributed by atoms with E-state index >= 15 is 0 Å². The second-order valence-corrected chi connectivity index (χ2v) is 6.24. The summed E-state index contributed by atoms with van der Waals surface area (Å²) < 4.78 is 31.3. The molecule has 1 heterocycles. The molecule has 1 saturated heterocycles. The Labute approximate surface area is 132 Å². The summed E-state index contributed by atoms with van der Waals surface area (Å²) in [7, 11) is 0. The van der Waals surface area contributed by atoms with Gasteiger partial charge in [0.25, 0.3) is 5.91 Å². The molecule has 1 aromatic carbocycles.